The standard InChI is InChI=1S/C12H11F2N3/c13-8-1-2-9(10(14)7-8)11-3-5-17-6-4-15-12(17)16-11/h1-2,4,6-7,11H,3,5H2,(H,15,16). The summed E-state index contributed by atoms with van der Waals surface area (Å²) in [6.07, 6.45) is 4.33. The Kier molecular flexibility index (Phi) is 2.31. The molecule has 3 nitrogen and oxygen atoms in total. The molecule has 0 saturated heterocycles. The number of nitrogens with one attached hydrogen (secondary N) is 1. The molecule has 0 saturated carbocycles. The van der Waals surface area contributed by atoms with Crippen molar-refractivity contribution < 1.29 is 8.78 Å². The molecule has 2 heterocycles. The third-order valence-electron chi connectivity index (χ3n) is 3.02. The molecule has 1 N–H and O–H groups in total. The summed E-state index contributed by atoms with van der Waals surface area (Å²) in [7, 11) is 0. The molecule has 17 heavy (non-hydrogen) atoms. The number of hydrogen-bond acceptors (Lipinski definition) is 2. The van der Waals surface area contributed by atoms with Crippen LogP contribution in [0, 0.1) is 11.6 Å². The van der Waals surface area contributed by atoms with Gasteiger partial charge in [-0.1, -0.05) is 6.07 Å². The molecule has 1 aromatic carbocycles. The van der Waals surface area contributed by atoms with E-state index < -0.39 is 11.6 Å². The number of anilines is 1. The summed E-state index contributed by atoms with van der Waals surface area (Å²) in [5, 5.41) is 3.14. The van der Waals surface area contributed by atoms with Crippen LogP contribution in [-0.4, -0.2) is 9.55 Å². The van der Waals surface area contributed by atoms with Gasteiger partial charge in [0.2, 0.25) is 5.95 Å². The first-order valence-electron chi connectivity index (χ1n) is 5.46. The van der Waals surface area contributed by atoms with Crippen molar-refractivity contribution >= 4 is 5.95 Å². The summed E-state index contributed by atoms with van der Waals surface area (Å²) < 4.78 is 28.4. The van der Waals surface area contributed by atoms with E-state index in [4.69, 9.17) is 0 Å². The zero-order valence-corrected chi connectivity index (χ0v) is 9.03. The monoisotopic (exact) mass is 235 g/mol. The van der Waals surface area contributed by atoms with Crippen LogP contribution in [0.3, 0.4) is 0 Å². The number of nitrogens with zero attached hydrogens (tertiary/aromatic N) is 2. The van der Waals surface area contributed by atoms with Crippen molar-refractivity contribution in [1.29, 1.82) is 0 Å². The fourth-order valence-electron chi connectivity index (χ4n) is 2.14. The summed E-state index contributed by atoms with van der Waals surface area (Å²) in [6.45, 7) is 0.782. The van der Waals surface area contributed by atoms with E-state index in [1.165, 1.54) is 12.1 Å². The average molecular weight is 235 g/mol. The van der Waals surface area contributed by atoms with Crippen LogP contribution in [0.5, 0.6) is 0 Å². The van der Waals surface area contributed by atoms with Crippen LogP contribution < -0.4 is 5.32 Å². The van der Waals surface area contributed by atoms with Crippen molar-refractivity contribution in [2.45, 2.75) is 19.0 Å². The summed E-state index contributed by atoms with van der Waals surface area (Å²) >= 11 is 0. The molecule has 1 aliphatic rings. The lowest BCUT2D eigenvalue weighted by molar-refractivity contribution is 0.509. The van der Waals surface area contributed by atoms with E-state index in [9.17, 15) is 8.78 Å². The van der Waals surface area contributed by atoms with Gasteiger partial charge in [0, 0.05) is 30.6 Å². The molecule has 0 radical (unpaired) electrons. The molecule has 2 aromatic rings. The summed E-state index contributed by atoms with van der Waals surface area (Å²) in [6, 6.07) is 3.53. The second-order valence-corrected chi connectivity index (χ2v) is 4.10. The normalized spacial score (nSPS) is 18.6. The third-order valence-corrected chi connectivity index (χ3v) is 3.02. The zero-order chi connectivity index (χ0) is 11.8. The highest BCUT2D eigenvalue weighted by Crippen LogP contribution is 2.29. The highest BCUT2D eigenvalue weighted by atomic mass is 19.1. The van der Waals surface area contributed by atoms with Crippen LogP contribution in [0.15, 0.2) is 30.6 Å². The van der Waals surface area contributed by atoms with Crippen molar-refractivity contribution in [2.75, 3.05) is 5.32 Å². The second-order valence-electron chi connectivity index (χ2n) is 4.10. The molecule has 5 heteroatoms. The number of halogens is 2. The lowest BCUT2D eigenvalue weighted by atomic mass is 10.0. The molecule has 1 atom stereocenters. The molecule has 3 rings (SSSR count). The van der Waals surface area contributed by atoms with Gasteiger partial charge >= 0.3 is 0 Å². The van der Waals surface area contributed by atoms with Crippen LogP contribution >= 0.6 is 0 Å². The van der Waals surface area contributed by atoms with Gasteiger partial charge in [0.25, 0.3) is 0 Å². The van der Waals surface area contributed by atoms with Gasteiger partial charge in [-0.2, -0.15) is 0 Å². The van der Waals surface area contributed by atoms with Crippen molar-refractivity contribution in [2.24, 2.45) is 0 Å². The maximum absolute atomic E-state index is 13.6. The minimum atomic E-state index is -0.552. The topological polar surface area (TPSA) is 29.9 Å². The highest BCUT2D eigenvalue weighted by Gasteiger charge is 2.22. The Morgan fingerprint density at radius 3 is 3.06 bits per heavy atom. The third kappa shape index (κ3) is 1.77. The highest BCUT2D eigenvalue weighted by molar-refractivity contribution is 5.35. The van der Waals surface area contributed by atoms with Gasteiger partial charge in [-0.15, -0.1) is 0 Å². The Bertz CT molecular complexity index is 550. The van der Waals surface area contributed by atoms with Crippen molar-refractivity contribution in [3.63, 3.8) is 0 Å². The summed E-state index contributed by atoms with van der Waals surface area (Å²) in [5.74, 6) is -0.337. The van der Waals surface area contributed by atoms with Crippen LogP contribution in [0.4, 0.5) is 14.7 Å². The van der Waals surface area contributed by atoms with Crippen LogP contribution in [-0.2, 0) is 6.54 Å². The molecule has 0 fully saturated rings. The minimum absolute atomic E-state index is 0.148. The first-order chi connectivity index (χ1) is 8.24. The van der Waals surface area contributed by atoms with Gasteiger partial charge in [-0.25, -0.2) is 13.8 Å². The van der Waals surface area contributed by atoms with E-state index in [0.29, 0.717) is 5.56 Å². The largest absolute Gasteiger partial charge is 0.349 e. The van der Waals surface area contributed by atoms with Gasteiger partial charge in [0.15, 0.2) is 0 Å². The number of imidazole rings is 1. The Labute approximate surface area is 97.1 Å². The second kappa shape index (κ2) is 3.84. The fourth-order valence-corrected chi connectivity index (χ4v) is 2.14. The molecular weight excluding hydrogens is 224 g/mol. The van der Waals surface area contributed by atoms with Crippen molar-refractivity contribution in [1.82, 2.24) is 9.55 Å². The SMILES string of the molecule is Fc1ccc(C2CCn3ccnc3N2)c(F)c1. The van der Waals surface area contributed by atoms with E-state index >= 15 is 0 Å². The van der Waals surface area contributed by atoms with Gasteiger partial charge in [0.1, 0.15) is 11.6 Å². The Balaban J connectivity index is 1.91. The fraction of sp³-hybridized carbons (Fsp3) is 0.250. The van der Waals surface area contributed by atoms with Gasteiger partial charge in [-0.05, 0) is 12.5 Å². The number of hydrogen-bond donors (Lipinski definition) is 1. The lowest BCUT2D eigenvalue weighted by Crippen LogP contribution is -2.22. The maximum Gasteiger partial charge on any atom is 0.203 e. The molecule has 0 spiro atoms. The maximum atomic E-state index is 13.6. The van der Waals surface area contributed by atoms with E-state index in [-0.39, 0.29) is 6.04 Å². The number of aryl methyl sites for hydroxylation is 1. The molecule has 0 aliphatic carbocycles. The van der Waals surface area contributed by atoms with E-state index in [1.807, 2.05) is 10.8 Å². The van der Waals surface area contributed by atoms with Gasteiger partial charge in [0.05, 0.1) is 6.04 Å². The van der Waals surface area contributed by atoms with E-state index in [2.05, 4.69) is 10.3 Å². The predicted molar refractivity (Wildman–Crippen MR) is 59.6 cm³/mol. The first-order valence-corrected chi connectivity index (χ1v) is 5.46. The van der Waals surface area contributed by atoms with E-state index in [1.54, 1.807) is 6.20 Å². The van der Waals surface area contributed by atoms with Gasteiger partial charge in [-0.3, -0.25) is 0 Å². The van der Waals surface area contributed by atoms with Crippen LogP contribution in [0.2, 0.25) is 0 Å². The molecular formula is C12H11F2N3. The quantitative estimate of drug-likeness (QED) is 0.823. The van der Waals surface area contributed by atoms with Crippen LogP contribution in [0.1, 0.15) is 18.0 Å². The first kappa shape index (κ1) is 10.3. The number of benzene rings is 1. The molecule has 0 amide bonds. The predicted octanol–water partition coefficient (Wildman–Crippen LogP) is 2.72. The van der Waals surface area contributed by atoms with Crippen LogP contribution in [0.25, 0.3) is 0 Å². The van der Waals surface area contributed by atoms with E-state index in [0.717, 1.165) is 25.0 Å². The number of rotatable bonds is 1. The molecule has 1 unspecified atom stereocenters. The Morgan fingerprint density at radius 1 is 1.35 bits per heavy atom. The molecule has 0 bridgehead atoms. The number of aromatic nitrogens is 2. The smallest absolute Gasteiger partial charge is 0.203 e. The Morgan fingerprint density at radius 2 is 2.24 bits per heavy atom. The number of fused-ring (bicyclic) bond motifs is 1. The van der Waals surface area contributed by atoms with Crippen molar-refractivity contribution in [3.05, 3.63) is 47.8 Å². The summed E-state index contributed by atoms with van der Waals surface area (Å²) in [5.41, 5.74) is 0.487. The Hall–Kier alpha value is -1.91. The summed E-state index contributed by atoms with van der Waals surface area (Å²) in [4.78, 5) is 4.14. The van der Waals surface area contributed by atoms with Gasteiger partial charge < -0.3 is 9.88 Å². The van der Waals surface area contributed by atoms with Crippen molar-refractivity contribution in [3.8, 4) is 0 Å². The minimum Gasteiger partial charge on any atom is -0.349 e. The average Bonchev–Trinajstić information content (AvgIpc) is 2.75. The molecule has 88 valence electrons. The molecule has 1 aromatic heterocycles. The zero-order valence-electron chi connectivity index (χ0n) is 9.03. The molecule has 1 aliphatic heterocycles. The lowest BCUT2D eigenvalue weighted by Gasteiger charge is -2.26.